The van der Waals surface area contributed by atoms with E-state index in [2.05, 4.69) is 10.0 Å². The van der Waals surface area contributed by atoms with Crippen molar-refractivity contribution in [1.82, 2.24) is 10.2 Å². The van der Waals surface area contributed by atoms with Crippen LogP contribution in [0.25, 0.3) is 0 Å². The SMILES string of the molecule is CCCNC(=O)C[C@H]1CC[C@H]2[C@H](COc3ccc(NS(=O)(=O)c4ccccc4C)cc3C(=O)N2C)O1. The minimum Gasteiger partial charge on any atom is -0.490 e. The molecule has 0 saturated carbocycles. The first kappa shape index (κ1) is 26.0. The fourth-order valence-electron chi connectivity index (χ4n) is 4.70. The van der Waals surface area contributed by atoms with Gasteiger partial charge in [-0.05, 0) is 56.0 Å². The third kappa shape index (κ3) is 5.65. The van der Waals surface area contributed by atoms with Gasteiger partial charge in [0.05, 0.1) is 29.0 Å². The molecular formula is C26H33N3O6S. The molecule has 2 amide bonds. The molecule has 2 aliphatic heterocycles. The van der Waals surface area contributed by atoms with Crippen molar-refractivity contribution in [2.24, 2.45) is 0 Å². The summed E-state index contributed by atoms with van der Waals surface area (Å²) in [6.07, 6.45) is 1.88. The van der Waals surface area contributed by atoms with Gasteiger partial charge in [-0.1, -0.05) is 25.1 Å². The number of carbonyl (C=O) groups is 2. The molecule has 0 spiro atoms. The Labute approximate surface area is 212 Å². The number of hydrogen-bond donors (Lipinski definition) is 2. The summed E-state index contributed by atoms with van der Waals surface area (Å²) in [5.41, 5.74) is 1.18. The van der Waals surface area contributed by atoms with E-state index in [-0.39, 0.29) is 59.2 Å². The number of likely N-dealkylation sites (N-methyl/N-ethyl adjacent to an activating group) is 1. The monoisotopic (exact) mass is 515 g/mol. The van der Waals surface area contributed by atoms with Crippen molar-refractivity contribution in [3.05, 3.63) is 53.6 Å². The van der Waals surface area contributed by atoms with Crippen LogP contribution < -0.4 is 14.8 Å². The van der Waals surface area contributed by atoms with Crippen LogP contribution in [0.1, 0.15) is 48.5 Å². The number of hydrogen-bond acceptors (Lipinski definition) is 6. The Bertz CT molecular complexity index is 1230. The lowest BCUT2D eigenvalue weighted by atomic mass is 9.94. The second-order valence-corrected chi connectivity index (χ2v) is 11.0. The topological polar surface area (TPSA) is 114 Å². The summed E-state index contributed by atoms with van der Waals surface area (Å²) in [5.74, 6) is 0.0393. The second-order valence-electron chi connectivity index (χ2n) is 9.30. The van der Waals surface area contributed by atoms with Crippen molar-refractivity contribution < 1.29 is 27.5 Å². The highest BCUT2D eigenvalue weighted by Gasteiger charge is 2.39. The molecule has 9 nitrogen and oxygen atoms in total. The van der Waals surface area contributed by atoms with Crippen LogP contribution in [0.5, 0.6) is 5.75 Å². The highest BCUT2D eigenvalue weighted by molar-refractivity contribution is 7.92. The van der Waals surface area contributed by atoms with Crippen LogP contribution in [0.15, 0.2) is 47.4 Å². The minimum atomic E-state index is -3.83. The van der Waals surface area contributed by atoms with Gasteiger partial charge in [-0.25, -0.2) is 8.42 Å². The molecule has 2 N–H and O–H groups in total. The Morgan fingerprint density at radius 2 is 1.94 bits per heavy atom. The molecule has 4 rings (SSSR count). The summed E-state index contributed by atoms with van der Waals surface area (Å²) in [4.78, 5) is 27.4. The van der Waals surface area contributed by atoms with Crippen LogP contribution in [0.3, 0.4) is 0 Å². The number of rotatable bonds is 7. The van der Waals surface area contributed by atoms with Crippen molar-refractivity contribution in [2.75, 3.05) is 24.9 Å². The molecule has 194 valence electrons. The second kappa shape index (κ2) is 10.9. The van der Waals surface area contributed by atoms with Gasteiger partial charge >= 0.3 is 0 Å². The van der Waals surface area contributed by atoms with Crippen molar-refractivity contribution in [1.29, 1.82) is 0 Å². The number of nitrogens with one attached hydrogen (secondary N) is 2. The molecule has 0 unspecified atom stereocenters. The number of benzene rings is 2. The van der Waals surface area contributed by atoms with Gasteiger partial charge < -0.3 is 19.7 Å². The third-order valence-corrected chi connectivity index (χ3v) is 8.17. The molecule has 1 saturated heterocycles. The van der Waals surface area contributed by atoms with Crippen LogP contribution >= 0.6 is 0 Å². The molecule has 36 heavy (non-hydrogen) atoms. The molecule has 0 aromatic heterocycles. The van der Waals surface area contributed by atoms with Gasteiger partial charge in [0.1, 0.15) is 18.5 Å². The summed E-state index contributed by atoms with van der Waals surface area (Å²) < 4.78 is 40.6. The van der Waals surface area contributed by atoms with Gasteiger partial charge in [-0.15, -0.1) is 0 Å². The van der Waals surface area contributed by atoms with E-state index < -0.39 is 10.0 Å². The van der Waals surface area contributed by atoms with Crippen molar-refractivity contribution in [3.63, 3.8) is 0 Å². The number of carbonyl (C=O) groups excluding carboxylic acids is 2. The molecule has 3 atom stereocenters. The fourth-order valence-corrected chi connectivity index (χ4v) is 6.00. The molecule has 0 bridgehead atoms. The van der Waals surface area contributed by atoms with Gasteiger partial charge in [0.15, 0.2) is 0 Å². The van der Waals surface area contributed by atoms with Crippen LogP contribution in [0.2, 0.25) is 0 Å². The number of aryl methyl sites for hydroxylation is 1. The van der Waals surface area contributed by atoms with Crippen LogP contribution in [-0.2, 0) is 19.6 Å². The van der Waals surface area contributed by atoms with Gasteiger partial charge in [0.2, 0.25) is 5.91 Å². The number of ether oxygens (including phenoxy) is 2. The lowest BCUT2D eigenvalue weighted by molar-refractivity contribution is -0.134. The van der Waals surface area contributed by atoms with E-state index in [1.165, 1.54) is 12.1 Å². The smallest absolute Gasteiger partial charge is 0.262 e. The maximum Gasteiger partial charge on any atom is 0.262 e. The van der Waals surface area contributed by atoms with Crippen LogP contribution in [0, 0.1) is 6.92 Å². The Morgan fingerprint density at radius 3 is 2.69 bits per heavy atom. The molecule has 0 aliphatic carbocycles. The number of nitrogens with zero attached hydrogens (tertiary/aromatic N) is 1. The van der Waals surface area contributed by atoms with Gasteiger partial charge in [0, 0.05) is 19.3 Å². The van der Waals surface area contributed by atoms with E-state index in [1.54, 1.807) is 49.2 Å². The zero-order valence-electron chi connectivity index (χ0n) is 20.8. The standard InChI is InChI=1S/C26H33N3O6S/c1-4-13-27-25(30)15-19-10-11-21-23(35-19)16-34-22-12-9-18(14-20(22)26(31)29(21)3)28-36(32,33)24-8-6-5-7-17(24)2/h5-9,12,14,19,21,23,28H,4,10-11,13,15-16H2,1-3H3,(H,27,30)/t19-,21+,23+/m1/s1. The Balaban J connectivity index is 1.51. The largest absolute Gasteiger partial charge is 0.490 e. The molecule has 1 fully saturated rings. The number of anilines is 1. The molecule has 0 radical (unpaired) electrons. The van der Waals surface area contributed by atoms with Crippen molar-refractivity contribution in [3.8, 4) is 5.75 Å². The van der Waals surface area contributed by atoms with E-state index in [0.717, 1.165) is 6.42 Å². The first-order valence-corrected chi connectivity index (χ1v) is 13.7. The first-order chi connectivity index (χ1) is 17.2. The van der Waals surface area contributed by atoms with Crippen LogP contribution in [0.4, 0.5) is 5.69 Å². The summed E-state index contributed by atoms with van der Waals surface area (Å²) in [6.45, 7) is 4.58. The normalized spacial score (nSPS) is 21.9. The third-order valence-electron chi connectivity index (χ3n) is 6.63. The Hall–Kier alpha value is -3.11. The van der Waals surface area contributed by atoms with E-state index in [1.807, 2.05) is 6.92 Å². The fraction of sp³-hybridized carbons (Fsp3) is 0.462. The lowest BCUT2D eigenvalue weighted by Gasteiger charge is -2.42. The highest BCUT2D eigenvalue weighted by Crippen LogP contribution is 2.33. The Kier molecular flexibility index (Phi) is 7.85. The minimum absolute atomic E-state index is 0.0393. The molecule has 2 heterocycles. The Morgan fingerprint density at radius 1 is 1.17 bits per heavy atom. The summed E-state index contributed by atoms with van der Waals surface area (Å²) in [5, 5.41) is 2.87. The maximum atomic E-state index is 13.4. The van der Waals surface area contributed by atoms with Crippen molar-refractivity contribution >= 4 is 27.5 Å². The summed E-state index contributed by atoms with van der Waals surface area (Å²) in [6, 6.07) is 11.2. The highest BCUT2D eigenvalue weighted by atomic mass is 32.2. The van der Waals surface area contributed by atoms with Gasteiger partial charge in [-0.2, -0.15) is 0 Å². The average Bonchev–Trinajstić information content (AvgIpc) is 2.85. The lowest BCUT2D eigenvalue weighted by Crippen LogP contribution is -2.54. The molecule has 10 heteroatoms. The molecule has 2 aromatic rings. The zero-order chi connectivity index (χ0) is 25.9. The van der Waals surface area contributed by atoms with Gasteiger partial charge in [-0.3, -0.25) is 14.3 Å². The average molecular weight is 516 g/mol. The van der Waals surface area contributed by atoms with E-state index in [0.29, 0.717) is 30.7 Å². The predicted octanol–water partition coefficient (Wildman–Crippen LogP) is 3.09. The predicted molar refractivity (Wildman–Crippen MR) is 136 cm³/mol. The summed E-state index contributed by atoms with van der Waals surface area (Å²) >= 11 is 0. The van der Waals surface area contributed by atoms with E-state index in [4.69, 9.17) is 9.47 Å². The molecule has 2 aliphatic rings. The van der Waals surface area contributed by atoms with E-state index >= 15 is 0 Å². The first-order valence-electron chi connectivity index (χ1n) is 12.2. The van der Waals surface area contributed by atoms with E-state index in [9.17, 15) is 18.0 Å². The molecule has 2 aromatic carbocycles. The zero-order valence-corrected chi connectivity index (χ0v) is 21.6. The number of amides is 2. The quantitative estimate of drug-likeness (QED) is 0.586. The van der Waals surface area contributed by atoms with Crippen LogP contribution in [-0.4, -0.2) is 63.6 Å². The summed E-state index contributed by atoms with van der Waals surface area (Å²) in [7, 11) is -2.11. The maximum absolute atomic E-state index is 13.4. The molecular weight excluding hydrogens is 482 g/mol. The number of sulfonamides is 1. The van der Waals surface area contributed by atoms with Crippen molar-refractivity contribution in [2.45, 2.75) is 62.7 Å². The number of fused-ring (bicyclic) bond motifs is 2. The van der Waals surface area contributed by atoms with Gasteiger partial charge in [0.25, 0.3) is 15.9 Å².